The predicted octanol–water partition coefficient (Wildman–Crippen LogP) is 2.98. The molecule has 0 N–H and O–H groups in total. The Morgan fingerprint density at radius 3 is 2.74 bits per heavy atom. The molecule has 0 aromatic heterocycles. The first-order valence-electron chi connectivity index (χ1n) is 6.64. The van der Waals surface area contributed by atoms with Crippen LogP contribution in [0.15, 0.2) is 42.5 Å². The van der Waals surface area contributed by atoms with Gasteiger partial charge in [-0.3, -0.25) is 4.79 Å². The van der Waals surface area contributed by atoms with E-state index in [-0.39, 0.29) is 12.0 Å². The van der Waals surface area contributed by atoms with E-state index in [1.54, 1.807) is 4.90 Å². The van der Waals surface area contributed by atoms with E-state index in [0.29, 0.717) is 6.61 Å². The Hall–Kier alpha value is -1.87. The summed E-state index contributed by atoms with van der Waals surface area (Å²) in [6, 6.07) is 14.2. The number of rotatable bonds is 2. The van der Waals surface area contributed by atoms with Crippen molar-refractivity contribution >= 4 is 22.4 Å². The Morgan fingerprint density at radius 2 is 2.00 bits per heavy atom. The van der Waals surface area contributed by atoms with Crippen molar-refractivity contribution in [2.24, 2.45) is 0 Å². The van der Waals surface area contributed by atoms with Crippen LogP contribution < -0.4 is 4.90 Å². The summed E-state index contributed by atoms with van der Waals surface area (Å²) in [7, 11) is 1.81. The van der Waals surface area contributed by atoms with Gasteiger partial charge in [0.25, 0.3) is 5.91 Å². The minimum atomic E-state index is -0.267. The first kappa shape index (κ1) is 12.2. The molecule has 1 aliphatic rings. The Morgan fingerprint density at radius 1 is 1.21 bits per heavy atom. The summed E-state index contributed by atoms with van der Waals surface area (Å²) in [5.74, 6) is 0.0489. The van der Waals surface area contributed by atoms with E-state index in [0.717, 1.165) is 23.9 Å². The molecule has 98 valence electrons. The minimum absolute atomic E-state index is 0.0489. The van der Waals surface area contributed by atoms with E-state index in [4.69, 9.17) is 4.74 Å². The number of hydrogen-bond donors (Lipinski definition) is 0. The summed E-state index contributed by atoms with van der Waals surface area (Å²) in [5.41, 5.74) is 0.916. The third-order valence-corrected chi connectivity index (χ3v) is 3.66. The van der Waals surface area contributed by atoms with Crippen molar-refractivity contribution in [3.05, 3.63) is 42.5 Å². The van der Waals surface area contributed by atoms with Gasteiger partial charge in [0.1, 0.15) is 6.10 Å². The number of fused-ring (bicyclic) bond motifs is 1. The van der Waals surface area contributed by atoms with Crippen molar-refractivity contribution in [2.45, 2.75) is 18.9 Å². The number of likely N-dealkylation sites (N-methyl/N-ethyl adjacent to an activating group) is 1. The molecule has 0 aliphatic carbocycles. The van der Waals surface area contributed by atoms with Crippen LogP contribution in [0, 0.1) is 0 Å². The summed E-state index contributed by atoms with van der Waals surface area (Å²) in [4.78, 5) is 14.0. The number of ether oxygens (including phenoxy) is 1. The molecule has 1 heterocycles. The monoisotopic (exact) mass is 255 g/mol. The van der Waals surface area contributed by atoms with E-state index in [2.05, 4.69) is 12.1 Å². The van der Waals surface area contributed by atoms with Crippen molar-refractivity contribution in [1.82, 2.24) is 0 Å². The quantitative estimate of drug-likeness (QED) is 0.825. The molecule has 0 spiro atoms. The largest absolute Gasteiger partial charge is 0.368 e. The number of hydrogen-bond acceptors (Lipinski definition) is 2. The van der Waals surface area contributed by atoms with Crippen LogP contribution in [0.5, 0.6) is 0 Å². The minimum Gasteiger partial charge on any atom is -0.368 e. The van der Waals surface area contributed by atoms with Crippen LogP contribution in [0.2, 0.25) is 0 Å². The molecule has 3 rings (SSSR count). The number of carbonyl (C=O) groups excluding carboxylic acids is 1. The number of anilines is 1. The zero-order valence-corrected chi connectivity index (χ0v) is 11.0. The van der Waals surface area contributed by atoms with Crippen LogP contribution in [0.1, 0.15) is 12.8 Å². The standard InChI is InChI=1S/C16H17NO2/c1-17(16(18)15-7-4-10-19-15)14-9-8-12-5-2-3-6-13(12)11-14/h2-3,5-6,8-9,11,15H,4,7,10H2,1H3/t15-/m0/s1. The van der Waals surface area contributed by atoms with Crippen molar-refractivity contribution in [3.63, 3.8) is 0 Å². The van der Waals surface area contributed by atoms with E-state index in [1.807, 2.05) is 37.4 Å². The average Bonchev–Trinajstić information content (AvgIpc) is 2.99. The number of amides is 1. The fourth-order valence-corrected chi connectivity index (χ4v) is 2.50. The normalized spacial score (nSPS) is 18.7. The number of nitrogens with zero attached hydrogens (tertiary/aromatic N) is 1. The van der Waals surface area contributed by atoms with Crippen molar-refractivity contribution < 1.29 is 9.53 Å². The Labute approximate surface area is 112 Å². The summed E-state index contributed by atoms with van der Waals surface area (Å²) in [6.07, 6.45) is 1.54. The molecule has 0 radical (unpaired) electrons. The van der Waals surface area contributed by atoms with E-state index in [9.17, 15) is 4.79 Å². The smallest absolute Gasteiger partial charge is 0.255 e. The molecule has 0 bridgehead atoms. The van der Waals surface area contributed by atoms with Crippen molar-refractivity contribution in [2.75, 3.05) is 18.6 Å². The maximum atomic E-state index is 12.3. The SMILES string of the molecule is CN(C(=O)[C@@H]1CCCO1)c1ccc2ccccc2c1. The van der Waals surface area contributed by atoms with Crippen LogP contribution in [0.3, 0.4) is 0 Å². The third-order valence-electron chi connectivity index (χ3n) is 3.66. The second-order valence-corrected chi connectivity index (χ2v) is 4.93. The molecule has 0 unspecified atom stereocenters. The van der Waals surface area contributed by atoms with Gasteiger partial charge in [-0.2, -0.15) is 0 Å². The summed E-state index contributed by atoms with van der Waals surface area (Å²) in [5, 5.41) is 2.33. The predicted molar refractivity (Wildman–Crippen MR) is 76.3 cm³/mol. The maximum Gasteiger partial charge on any atom is 0.255 e. The second kappa shape index (κ2) is 5.02. The van der Waals surface area contributed by atoms with E-state index in [1.165, 1.54) is 5.39 Å². The highest BCUT2D eigenvalue weighted by Gasteiger charge is 2.27. The lowest BCUT2D eigenvalue weighted by molar-refractivity contribution is -0.127. The Balaban J connectivity index is 1.88. The van der Waals surface area contributed by atoms with E-state index >= 15 is 0 Å². The number of carbonyl (C=O) groups is 1. The molecule has 19 heavy (non-hydrogen) atoms. The highest BCUT2D eigenvalue weighted by Crippen LogP contribution is 2.23. The Kier molecular flexibility index (Phi) is 3.22. The molecule has 1 amide bonds. The van der Waals surface area contributed by atoms with Gasteiger partial charge in [-0.05, 0) is 35.7 Å². The first-order valence-corrected chi connectivity index (χ1v) is 6.64. The molecule has 2 aromatic rings. The maximum absolute atomic E-state index is 12.3. The zero-order chi connectivity index (χ0) is 13.2. The van der Waals surface area contributed by atoms with Gasteiger partial charge in [-0.1, -0.05) is 30.3 Å². The fraction of sp³-hybridized carbons (Fsp3) is 0.312. The van der Waals surface area contributed by atoms with Gasteiger partial charge in [-0.15, -0.1) is 0 Å². The average molecular weight is 255 g/mol. The lowest BCUT2D eigenvalue weighted by Gasteiger charge is -2.21. The van der Waals surface area contributed by atoms with Gasteiger partial charge in [-0.25, -0.2) is 0 Å². The molecule has 3 heteroatoms. The molecule has 1 aliphatic heterocycles. The van der Waals surface area contributed by atoms with Gasteiger partial charge in [0.15, 0.2) is 0 Å². The first-order chi connectivity index (χ1) is 9.25. The summed E-state index contributed by atoms with van der Waals surface area (Å²) < 4.78 is 5.45. The lowest BCUT2D eigenvalue weighted by atomic mass is 10.1. The van der Waals surface area contributed by atoms with Crippen LogP contribution in [-0.2, 0) is 9.53 Å². The highest BCUT2D eigenvalue weighted by atomic mass is 16.5. The van der Waals surface area contributed by atoms with Gasteiger partial charge in [0, 0.05) is 19.3 Å². The summed E-state index contributed by atoms with van der Waals surface area (Å²) in [6.45, 7) is 0.696. The van der Waals surface area contributed by atoms with E-state index < -0.39 is 0 Å². The molecular weight excluding hydrogens is 238 g/mol. The van der Waals surface area contributed by atoms with Gasteiger partial charge in [0.2, 0.25) is 0 Å². The molecule has 1 fully saturated rings. The van der Waals surface area contributed by atoms with Crippen LogP contribution in [0.4, 0.5) is 5.69 Å². The zero-order valence-electron chi connectivity index (χ0n) is 11.0. The number of benzene rings is 2. The summed E-state index contributed by atoms with van der Waals surface area (Å²) >= 11 is 0. The van der Waals surface area contributed by atoms with Crippen LogP contribution in [-0.4, -0.2) is 25.7 Å². The Bertz CT molecular complexity index is 602. The second-order valence-electron chi connectivity index (χ2n) is 4.93. The molecule has 2 aromatic carbocycles. The van der Waals surface area contributed by atoms with Gasteiger partial charge >= 0.3 is 0 Å². The highest BCUT2D eigenvalue weighted by molar-refractivity contribution is 5.98. The molecule has 1 atom stereocenters. The lowest BCUT2D eigenvalue weighted by Crippen LogP contribution is -2.35. The molecular formula is C16H17NO2. The molecule has 0 saturated carbocycles. The van der Waals surface area contributed by atoms with Crippen molar-refractivity contribution in [3.8, 4) is 0 Å². The molecule has 1 saturated heterocycles. The van der Waals surface area contributed by atoms with Crippen LogP contribution >= 0.6 is 0 Å². The fourth-order valence-electron chi connectivity index (χ4n) is 2.50. The van der Waals surface area contributed by atoms with Crippen LogP contribution in [0.25, 0.3) is 10.8 Å². The van der Waals surface area contributed by atoms with Gasteiger partial charge in [0.05, 0.1) is 0 Å². The van der Waals surface area contributed by atoms with Crippen molar-refractivity contribution in [1.29, 1.82) is 0 Å². The van der Waals surface area contributed by atoms with Gasteiger partial charge < -0.3 is 9.64 Å². The third kappa shape index (κ3) is 2.34. The molecule has 3 nitrogen and oxygen atoms in total. The topological polar surface area (TPSA) is 29.5 Å².